The molecule has 282 valence electrons. The number of benzene rings is 3. The van der Waals surface area contributed by atoms with Crippen molar-refractivity contribution < 1.29 is 38.0 Å². The molecule has 13 nitrogen and oxygen atoms in total. The third kappa shape index (κ3) is 12.6. The van der Waals surface area contributed by atoms with Gasteiger partial charge in [-0.15, -0.1) is 11.3 Å². The van der Waals surface area contributed by atoms with E-state index in [1.165, 1.54) is 36.1 Å². The highest BCUT2D eigenvalue weighted by molar-refractivity contribution is 7.17. The summed E-state index contributed by atoms with van der Waals surface area (Å²) in [5.74, 6) is -1.23. The quantitative estimate of drug-likeness (QED) is 0.0336. The summed E-state index contributed by atoms with van der Waals surface area (Å²) in [5.41, 5.74) is 5.08. The van der Waals surface area contributed by atoms with Crippen molar-refractivity contribution in [1.29, 1.82) is 5.26 Å². The van der Waals surface area contributed by atoms with Crippen molar-refractivity contribution in [1.82, 2.24) is 0 Å². The third-order valence-corrected chi connectivity index (χ3v) is 9.03. The number of ether oxygens (including phenoxy) is 6. The second-order valence-corrected chi connectivity index (χ2v) is 12.6. The van der Waals surface area contributed by atoms with Gasteiger partial charge in [-0.3, -0.25) is 0 Å². The molecule has 0 saturated carbocycles. The van der Waals surface area contributed by atoms with Gasteiger partial charge in [0.15, 0.2) is 0 Å². The van der Waals surface area contributed by atoms with Crippen molar-refractivity contribution in [3.63, 3.8) is 0 Å². The van der Waals surface area contributed by atoms with E-state index in [-0.39, 0.29) is 24.3 Å². The number of esters is 2. The fourth-order valence-electron chi connectivity index (χ4n) is 5.10. The SMILES string of the molecule is [C-]#[N+]c1c(N=Nc2ccc(N(CCOCCOCCOCCOCCOC(=O)c3ccccc3C(=O)OC)Cc3ccccc3)cc2C)sc(C#N)c1C. The average Bonchev–Trinajstić information content (AvgIpc) is 3.51. The van der Waals surface area contributed by atoms with E-state index in [1.807, 2.05) is 37.3 Å². The van der Waals surface area contributed by atoms with Crippen LogP contribution in [0.15, 0.2) is 83.0 Å². The number of thiophene rings is 1. The number of carbonyl (C=O) groups excluding carboxylic acids is 2. The highest BCUT2D eigenvalue weighted by Crippen LogP contribution is 2.42. The molecule has 0 aliphatic heterocycles. The lowest BCUT2D eigenvalue weighted by Crippen LogP contribution is -2.27. The molecule has 54 heavy (non-hydrogen) atoms. The maximum Gasteiger partial charge on any atom is 0.339 e. The Balaban J connectivity index is 1.12. The van der Waals surface area contributed by atoms with Crippen LogP contribution in [0.4, 0.5) is 22.1 Å². The predicted octanol–water partition coefficient (Wildman–Crippen LogP) is 7.92. The van der Waals surface area contributed by atoms with Gasteiger partial charge in [-0.2, -0.15) is 15.5 Å². The summed E-state index contributed by atoms with van der Waals surface area (Å²) < 4.78 is 32.4. The number of nitrogens with zero attached hydrogens (tertiary/aromatic N) is 5. The van der Waals surface area contributed by atoms with E-state index in [1.54, 1.807) is 19.1 Å². The second kappa shape index (κ2) is 22.6. The van der Waals surface area contributed by atoms with E-state index in [0.29, 0.717) is 86.2 Å². The van der Waals surface area contributed by atoms with Gasteiger partial charge in [-0.25, -0.2) is 14.4 Å². The predicted molar refractivity (Wildman–Crippen MR) is 204 cm³/mol. The Morgan fingerprint density at radius 2 is 1.39 bits per heavy atom. The van der Waals surface area contributed by atoms with Crippen molar-refractivity contribution in [3.05, 3.63) is 117 Å². The molecule has 3 aromatic carbocycles. The fourth-order valence-corrected chi connectivity index (χ4v) is 5.97. The number of aryl methyl sites for hydroxylation is 1. The minimum atomic E-state index is -0.622. The standard InChI is InChI=1S/C40H43N5O8S/c1-29-26-32(14-15-35(29)43-44-38-37(42-3)30(2)36(27-41)54-38)45(28-31-10-6-5-7-11-31)16-17-49-18-19-50-20-21-51-22-23-52-24-25-53-40(47)34-13-9-8-12-33(34)39(46)48-4/h5-15,26H,16-25,28H2,1-2,4H3. The molecule has 4 rings (SSSR count). The van der Waals surface area contributed by atoms with E-state index in [9.17, 15) is 14.9 Å². The summed E-state index contributed by atoms with van der Waals surface area (Å²) in [7, 11) is 1.25. The number of nitriles is 1. The molecule has 0 radical (unpaired) electrons. The number of rotatable bonds is 22. The van der Waals surface area contributed by atoms with E-state index in [2.05, 4.69) is 44.2 Å². The Morgan fingerprint density at radius 1 is 0.796 bits per heavy atom. The molecule has 0 amide bonds. The van der Waals surface area contributed by atoms with Gasteiger partial charge in [-0.05, 0) is 60.9 Å². The van der Waals surface area contributed by atoms with Gasteiger partial charge in [0, 0.05) is 18.8 Å². The van der Waals surface area contributed by atoms with Crippen LogP contribution in [-0.2, 0) is 35.0 Å². The first kappa shape index (κ1) is 41.3. The number of carbonyl (C=O) groups is 2. The average molecular weight is 754 g/mol. The Hall–Kier alpha value is -5.48. The van der Waals surface area contributed by atoms with Crippen molar-refractivity contribution >= 4 is 45.3 Å². The number of methoxy groups -OCH3 is 1. The first-order valence-corrected chi connectivity index (χ1v) is 18.1. The highest BCUT2D eigenvalue weighted by Gasteiger charge is 2.18. The molecule has 0 N–H and O–H groups in total. The van der Waals surface area contributed by atoms with Crippen LogP contribution in [0.5, 0.6) is 0 Å². The number of hydrogen-bond acceptors (Lipinski definition) is 13. The summed E-state index contributed by atoms with van der Waals surface area (Å²) in [6.45, 7) is 15.6. The van der Waals surface area contributed by atoms with Crippen molar-refractivity contribution in [3.8, 4) is 6.07 Å². The van der Waals surface area contributed by atoms with E-state index >= 15 is 0 Å². The molecule has 0 saturated heterocycles. The first-order valence-electron chi connectivity index (χ1n) is 17.2. The number of hydrogen-bond donors (Lipinski definition) is 0. The molecule has 0 atom stereocenters. The third-order valence-electron chi connectivity index (χ3n) is 7.96. The zero-order chi connectivity index (χ0) is 38.5. The van der Waals surface area contributed by atoms with Crippen LogP contribution in [0, 0.1) is 31.8 Å². The maximum atomic E-state index is 12.3. The second-order valence-electron chi connectivity index (χ2n) is 11.6. The summed E-state index contributed by atoms with van der Waals surface area (Å²) in [6.07, 6.45) is 0. The zero-order valence-electron chi connectivity index (χ0n) is 30.6. The van der Waals surface area contributed by atoms with Gasteiger partial charge in [0.1, 0.15) is 17.7 Å². The number of azo groups is 1. The summed E-state index contributed by atoms with van der Waals surface area (Å²) in [4.78, 5) is 30.4. The van der Waals surface area contributed by atoms with Gasteiger partial charge in [-0.1, -0.05) is 42.5 Å². The molecule has 0 spiro atoms. The van der Waals surface area contributed by atoms with Crippen LogP contribution in [-0.4, -0.2) is 85.1 Å². The summed E-state index contributed by atoms with van der Waals surface area (Å²) >= 11 is 1.17. The molecule has 1 aromatic heterocycles. The van der Waals surface area contributed by atoms with Crippen LogP contribution in [0.3, 0.4) is 0 Å². The van der Waals surface area contributed by atoms with Gasteiger partial charge in [0.2, 0.25) is 5.69 Å². The normalized spacial score (nSPS) is 10.9. The Labute approximate surface area is 319 Å². The number of anilines is 1. The molecular weight excluding hydrogens is 711 g/mol. The lowest BCUT2D eigenvalue weighted by molar-refractivity contribution is -0.00850. The lowest BCUT2D eigenvalue weighted by atomic mass is 10.1. The van der Waals surface area contributed by atoms with E-state index in [4.69, 9.17) is 35.0 Å². The van der Waals surface area contributed by atoms with Crippen molar-refractivity contribution in [2.75, 3.05) is 78.0 Å². The molecule has 4 aromatic rings. The molecule has 0 aliphatic carbocycles. The molecule has 0 bridgehead atoms. The minimum absolute atomic E-state index is 0.0366. The Kier molecular flexibility index (Phi) is 17.2. The first-order chi connectivity index (χ1) is 26.4. The maximum absolute atomic E-state index is 12.3. The topological polar surface area (TPSA) is 146 Å². The minimum Gasteiger partial charge on any atom is -0.465 e. The lowest BCUT2D eigenvalue weighted by Gasteiger charge is -2.25. The van der Waals surface area contributed by atoms with Crippen LogP contribution >= 0.6 is 11.3 Å². The highest BCUT2D eigenvalue weighted by atomic mass is 32.1. The smallest absolute Gasteiger partial charge is 0.339 e. The van der Waals surface area contributed by atoms with Gasteiger partial charge < -0.3 is 33.3 Å². The van der Waals surface area contributed by atoms with Crippen LogP contribution in [0.25, 0.3) is 4.85 Å². The van der Waals surface area contributed by atoms with E-state index in [0.717, 1.165) is 11.3 Å². The molecule has 0 unspecified atom stereocenters. The van der Waals surface area contributed by atoms with Crippen LogP contribution in [0.2, 0.25) is 0 Å². The van der Waals surface area contributed by atoms with Gasteiger partial charge in [0.25, 0.3) is 0 Å². The van der Waals surface area contributed by atoms with Gasteiger partial charge in [0.05, 0.1) is 88.2 Å². The Morgan fingerprint density at radius 3 is 1.98 bits per heavy atom. The van der Waals surface area contributed by atoms with Crippen LogP contribution < -0.4 is 4.90 Å². The van der Waals surface area contributed by atoms with Gasteiger partial charge >= 0.3 is 11.9 Å². The Bertz CT molecular complexity index is 1940. The summed E-state index contributed by atoms with van der Waals surface area (Å²) in [6, 6.07) is 24.6. The molecule has 14 heteroatoms. The van der Waals surface area contributed by atoms with Crippen molar-refractivity contribution in [2.24, 2.45) is 10.2 Å². The van der Waals surface area contributed by atoms with Crippen LogP contribution in [0.1, 0.15) is 42.3 Å². The molecule has 0 fully saturated rings. The van der Waals surface area contributed by atoms with Crippen molar-refractivity contribution in [2.45, 2.75) is 20.4 Å². The monoisotopic (exact) mass is 753 g/mol. The molecular formula is C40H43N5O8S. The van der Waals surface area contributed by atoms with E-state index < -0.39 is 11.9 Å². The molecule has 1 heterocycles. The fraction of sp³-hybridized carbons (Fsp3) is 0.350. The summed E-state index contributed by atoms with van der Waals surface area (Å²) in [5, 5.41) is 18.5. The zero-order valence-corrected chi connectivity index (χ0v) is 31.4. The largest absolute Gasteiger partial charge is 0.465 e. The molecule has 0 aliphatic rings.